The van der Waals surface area contributed by atoms with Gasteiger partial charge in [-0.3, -0.25) is 0 Å². The second-order valence-electron chi connectivity index (χ2n) is 4.45. The maximum Gasteiger partial charge on any atom is 0.141 e. The van der Waals surface area contributed by atoms with E-state index in [1.54, 1.807) is 12.1 Å². The molecular weight excluding hydrogens is 214 g/mol. The number of phenols is 1. The van der Waals surface area contributed by atoms with Gasteiger partial charge >= 0.3 is 0 Å². The second-order valence-corrected chi connectivity index (χ2v) is 4.45. The first-order valence-corrected chi connectivity index (χ1v) is 5.87. The molecule has 1 atom stereocenters. The molecule has 0 amide bonds. The lowest BCUT2D eigenvalue weighted by Crippen LogP contribution is -2.25. The van der Waals surface area contributed by atoms with Crippen molar-refractivity contribution in [1.82, 2.24) is 9.55 Å². The number of imidazole rings is 1. The van der Waals surface area contributed by atoms with Crippen molar-refractivity contribution < 1.29 is 5.11 Å². The largest absolute Gasteiger partial charge is 0.508 e. The molecule has 1 unspecified atom stereocenters. The van der Waals surface area contributed by atoms with Crippen LogP contribution >= 0.6 is 0 Å². The molecule has 0 aliphatic carbocycles. The molecule has 0 bridgehead atoms. The molecule has 0 saturated carbocycles. The van der Waals surface area contributed by atoms with Crippen molar-refractivity contribution in [3.63, 3.8) is 0 Å². The number of rotatable bonds is 1. The molecule has 2 heterocycles. The summed E-state index contributed by atoms with van der Waals surface area (Å²) in [5.41, 5.74) is 8.33. The monoisotopic (exact) mass is 229 g/mol. The Hall–Kier alpha value is -1.81. The van der Waals surface area contributed by atoms with Crippen molar-refractivity contribution in [2.75, 3.05) is 0 Å². The van der Waals surface area contributed by atoms with Crippen LogP contribution in [0.25, 0.3) is 11.4 Å². The molecule has 88 valence electrons. The first-order chi connectivity index (χ1) is 8.25. The molecular formula is C13H15N3O. The Labute approximate surface area is 99.7 Å². The van der Waals surface area contributed by atoms with Crippen molar-refractivity contribution in [2.45, 2.75) is 25.4 Å². The molecule has 1 aromatic heterocycles. The molecule has 2 aromatic rings. The highest BCUT2D eigenvalue weighted by Crippen LogP contribution is 2.29. The number of aromatic nitrogens is 2. The van der Waals surface area contributed by atoms with E-state index in [0.717, 1.165) is 30.7 Å². The van der Waals surface area contributed by atoms with Crippen molar-refractivity contribution in [3.05, 3.63) is 36.2 Å². The Bertz CT molecular complexity index is 530. The van der Waals surface area contributed by atoms with E-state index in [-0.39, 0.29) is 11.9 Å². The third-order valence-electron chi connectivity index (χ3n) is 3.26. The quantitative estimate of drug-likeness (QED) is 0.786. The summed E-state index contributed by atoms with van der Waals surface area (Å²) in [6.45, 7) is 0. The van der Waals surface area contributed by atoms with Crippen LogP contribution in [0.15, 0.2) is 30.5 Å². The predicted molar refractivity (Wildman–Crippen MR) is 65.5 cm³/mol. The second kappa shape index (κ2) is 3.89. The third-order valence-corrected chi connectivity index (χ3v) is 3.26. The van der Waals surface area contributed by atoms with Crippen LogP contribution in [-0.4, -0.2) is 14.7 Å². The molecule has 17 heavy (non-hydrogen) atoms. The van der Waals surface area contributed by atoms with Crippen LogP contribution < -0.4 is 5.73 Å². The van der Waals surface area contributed by atoms with Gasteiger partial charge < -0.3 is 15.4 Å². The lowest BCUT2D eigenvalue weighted by atomic mass is 10.1. The summed E-state index contributed by atoms with van der Waals surface area (Å²) in [4.78, 5) is 4.45. The Kier molecular flexibility index (Phi) is 2.37. The number of aryl methyl sites for hydroxylation is 1. The molecule has 0 saturated heterocycles. The van der Waals surface area contributed by atoms with Gasteiger partial charge in [-0.2, -0.15) is 0 Å². The van der Waals surface area contributed by atoms with Gasteiger partial charge in [0.05, 0.1) is 6.17 Å². The SMILES string of the molecule is NC1CCCc2cnc(-c3ccc(O)cc3)n21. The summed E-state index contributed by atoms with van der Waals surface area (Å²) in [7, 11) is 0. The summed E-state index contributed by atoms with van der Waals surface area (Å²) in [6, 6.07) is 7.08. The van der Waals surface area contributed by atoms with E-state index in [4.69, 9.17) is 5.73 Å². The van der Waals surface area contributed by atoms with E-state index < -0.39 is 0 Å². The summed E-state index contributed by atoms with van der Waals surface area (Å²) >= 11 is 0. The van der Waals surface area contributed by atoms with E-state index in [9.17, 15) is 5.11 Å². The number of nitrogens with two attached hydrogens (primary N) is 1. The lowest BCUT2D eigenvalue weighted by molar-refractivity contribution is 0.418. The van der Waals surface area contributed by atoms with Gasteiger partial charge in [0.1, 0.15) is 11.6 Å². The topological polar surface area (TPSA) is 64.1 Å². The van der Waals surface area contributed by atoms with Crippen LogP contribution in [0.1, 0.15) is 24.7 Å². The smallest absolute Gasteiger partial charge is 0.141 e. The van der Waals surface area contributed by atoms with Gasteiger partial charge in [0, 0.05) is 17.5 Å². The Morgan fingerprint density at radius 3 is 2.82 bits per heavy atom. The maximum absolute atomic E-state index is 9.29. The normalized spacial score (nSPS) is 19.0. The molecule has 1 aliphatic heterocycles. The standard InChI is InChI=1S/C13H15N3O/c14-12-3-1-2-10-8-15-13(16(10)12)9-4-6-11(17)7-5-9/h4-8,12,17H,1-3,14H2. The fraction of sp³-hybridized carbons (Fsp3) is 0.308. The van der Waals surface area contributed by atoms with E-state index >= 15 is 0 Å². The van der Waals surface area contributed by atoms with Crippen LogP contribution in [0.4, 0.5) is 0 Å². The highest BCUT2D eigenvalue weighted by atomic mass is 16.3. The fourth-order valence-electron chi connectivity index (χ4n) is 2.40. The zero-order valence-electron chi connectivity index (χ0n) is 9.50. The molecule has 1 aliphatic rings. The van der Waals surface area contributed by atoms with Crippen molar-refractivity contribution >= 4 is 0 Å². The van der Waals surface area contributed by atoms with Crippen LogP contribution in [0.3, 0.4) is 0 Å². The average Bonchev–Trinajstić information content (AvgIpc) is 2.75. The molecule has 0 spiro atoms. The van der Waals surface area contributed by atoms with Gasteiger partial charge in [0.15, 0.2) is 0 Å². The van der Waals surface area contributed by atoms with E-state index in [1.165, 1.54) is 5.69 Å². The zero-order chi connectivity index (χ0) is 11.8. The molecule has 3 rings (SSSR count). The van der Waals surface area contributed by atoms with Crippen LogP contribution in [-0.2, 0) is 6.42 Å². The lowest BCUT2D eigenvalue weighted by Gasteiger charge is -2.23. The summed E-state index contributed by atoms with van der Waals surface area (Å²) in [6.07, 6.45) is 5.08. The summed E-state index contributed by atoms with van der Waals surface area (Å²) in [5.74, 6) is 1.16. The Morgan fingerprint density at radius 2 is 2.06 bits per heavy atom. The van der Waals surface area contributed by atoms with Crippen molar-refractivity contribution in [1.29, 1.82) is 0 Å². The van der Waals surface area contributed by atoms with Gasteiger partial charge in [-0.1, -0.05) is 0 Å². The predicted octanol–water partition coefficient (Wildman–Crippen LogP) is 2.05. The van der Waals surface area contributed by atoms with Crippen LogP contribution in [0.2, 0.25) is 0 Å². The Morgan fingerprint density at radius 1 is 1.29 bits per heavy atom. The van der Waals surface area contributed by atoms with Crippen LogP contribution in [0.5, 0.6) is 5.75 Å². The van der Waals surface area contributed by atoms with E-state index in [2.05, 4.69) is 9.55 Å². The van der Waals surface area contributed by atoms with Crippen molar-refractivity contribution in [2.24, 2.45) is 5.73 Å². The minimum Gasteiger partial charge on any atom is -0.508 e. The fourth-order valence-corrected chi connectivity index (χ4v) is 2.40. The number of aromatic hydroxyl groups is 1. The van der Waals surface area contributed by atoms with Gasteiger partial charge in [0.2, 0.25) is 0 Å². The first kappa shape index (κ1) is 10.4. The number of benzene rings is 1. The third kappa shape index (κ3) is 1.70. The molecule has 0 fully saturated rings. The summed E-state index contributed by atoms with van der Waals surface area (Å²) in [5, 5.41) is 9.29. The maximum atomic E-state index is 9.29. The van der Waals surface area contributed by atoms with Gasteiger partial charge in [-0.25, -0.2) is 4.98 Å². The minimum atomic E-state index is 0.0186. The number of hydrogen-bond donors (Lipinski definition) is 2. The van der Waals surface area contributed by atoms with E-state index in [0.29, 0.717) is 0 Å². The zero-order valence-corrected chi connectivity index (χ0v) is 9.50. The highest BCUT2D eigenvalue weighted by Gasteiger charge is 2.20. The molecule has 4 heteroatoms. The number of fused-ring (bicyclic) bond motifs is 1. The number of hydrogen-bond acceptors (Lipinski definition) is 3. The van der Waals surface area contributed by atoms with Gasteiger partial charge in [0.25, 0.3) is 0 Å². The molecule has 3 N–H and O–H groups in total. The minimum absolute atomic E-state index is 0.0186. The molecule has 0 radical (unpaired) electrons. The molecule has 4 nitrogen and oxygen atoms in total. The van der Waals surface area contributed by atoms with Gasteiger partial charge in [-0.05, 0) is 43.5 Å². The van der Waals surface area contributed by atoms with E-state index in [1.807, 2.05) is 18.3 Å². The number of nitrogens with zero attached hydrogens (tertiary/aromatic N) is 2. The number of phenolic OH excluding ortho intramolecular Hbond substituents is 1. The highest BCUT2D eigenvalue weighted by molar-refractivity contribution is 5.57. The Balaban J connectivity index is 2.09. The average molecular weight is 229 g/mol. The van der Waals surface area contributed by atoms with Crippen LogP contribution in [0, 0.1) is 0 Å². The summed E-state index contributed by atoms with van der Waals surface area (Å²) < 4.78 is 2.11. The molecule has 1 aromatic carbocycles. The van der Waals surface area contributed by atoms with Gasteiger partial charge in [-0.15, -0.1) is 0 Å². The first-order valence-electron chi connectivity index (χ1n) is 5.87. The van der Waals surface area contributed by atoms with Crippen molar-refractivity contribution in [3.8, 4) is 17.1 Å².